The summed E-state index contributed by atoms with van der Waals surface area (Å²) in [5, 5.41) is 12.6. The van der Waals surface area contributed by atoms with Crippen LogP contribution in [-0.2, 0) is 11.3 Å². The molecule has 6 heteroatoms. The highest BCUT2D eigenvalue weighted by atomic mass is 32.2. The quantitative estimate of drug-likeness (QED) is 0.816. The summed E-state index contributed by atoms with van der Waals surface area (Å²) in [6.07, 6.45) is -0.633. The lowest BCUT2D eigenvalue weighted by Gasteiger charge is -2.10. The zero-order valence-electron chi connectivity index (χ0n) is 12.3. The fourth-order valence-corrected chi connectivity index (χ4v) is 2.82. The molecule has 0 spiro atoms. The standard InChI is InChI=1S/C17H17F2NO2S/c18-14-6-12(7-15(19)8-14)9-20-17(22)11-23-10-16(21)13-4-2-1-3-5-13/h1-8,16,21H,9-11H2,(H,20,22). The zero-order chi connectivity index (χ0) is 16.7. The van der Waals surface area contributed by atoms with Crippen molar-refractivity contribution in [1.29, 1.82) is 0 Å². The molecule has 1 unspecified atom stereocenters. The number of nitrogens with one attached hydrogen (secondary N) is 1. The van der Waals surface area contributed by atoms with Crippen molar-refractivity contribution in [2.75, 3.05) is 11.5 Å². The lowest BCUT2D eigenvalue weighted by Crippen LogP contribution is -2.25. The highest BCUT2D eigenvalue weighted by Gasteiger charge is 2.09. The Morgan fingerprint density at radius 2 is 1.78 bits per heavy atom. The van der Waals surface area contributed by atoms with Crippen molar-refractivity contribution in [2.45, 2.75) is 12.6 Å². The Morgan fingerprint density at radius 1 is 1.13 bits per heavy atom. The van der Waals surface area contributed by atoms with Gasteiger partial charge < -0.3 is 10.4 Å². The Bertz CT molecular complexity index is 632. The first-order valence-corrected chi connectivity index (χ1v) is 8.22. The van der Waals surface area contributed by atoms with E-state index in [0.717, 1.165) is 11.6 Å². The normalized spacial score (nSPS) is 12.0. The second-order valence-corrected chi connectivity index (χ2v) is 6.03. The van der Waals surface area contributed by atoms with Crippen LogP contribution >= 0.6 is 11.8 Å². The van der Waals surface area contributed by atoms with E-state index in [2.05, 4.69) is 5.32 Å². The van der Waals surface area contributed by atoms with Gasteiger partial charge in [0.2, 0.25) is 5.91 Å². The van der Waals surface area contributed by atoms with Crippen molar-refractivity contribution in [1.82, 2.24) is 5.32 Å². The van der Waals surface area contributed by atoms with Gasteiger partial charge >= 0.3 is 0 Å². The molecule has 0 aromatic heterocycles. The number of rotatable bonds is 7. The molecule has 0 heterocycles. The summed E-state index contributed by atoms with van der Waals surface area (Å²) < 4.78 is 26.0. The third-order valence-electron chi connectivity index (χ3n) is 3.11. The summed E-state index contributed by atoms with van der Waals surface area (Å²) in [7, 11) is 0. The summed E-state index contributed by atoms with van der Waals surface area (Å²) >= 11 is 1.30. The molecule has 23 heavy (non-hydrogen) atoms. The average molecular weight is 337 g/mol. The van der Waals surface area contributed by atoms with E-state index in [9.17, 15) is 18.7 Å². The molecular formula is C17H17F2NO2S. The van der Waals surface area contributed by atoms with Crippen LogP contribution in [0.5, 0.6) is 0 Å². The first-order chi connectivity index (χ1) is 11.0. The Balaban J connectivity index is 1.71. The minimum Gasteiger partial charge on any atom is -0.388 e. The van der Waals surface area contributed by atoms with E-state index in [1.807, 2.05) is 30.3 Å². The highest BCUT2D eigenvalue weighted by molar-refractivity contribution is 7.99. The van der Waals surface area contributed by atoms with Crippen LogP contribution in [0.4, 0.5) is 8.78 Å². The number of hydrogen-bond donors (Lipinski definition) is 2. The molecule has 2 rings (SSSR count). The number of amides is 1. The van der Waals surface area contributed by atoms with E-state index < -0.39 is 17.7 Å². The molecule has 2 N–H and O–H groups in total. The number of carbonyl (C=O) groups is 1. The Hall–Kier alpha value is -1.92. The maximum absolute atomic E-state index is 13.0. The van der Waals surface area contributed by atoms with E-state index >= 15 is 0 Å². The predicted molar refractivity (Wildman–Crippen MR) is 86.9 cm³/mol. The number of carbonyl (C=O) groups excluding carboxylic acids is 1. The topological polar surface area (TPSA) is 49.3 Å². The van der Waals surface area contributed by atoms with Gasteiger partial charge in [-0.3, -0.25) is 4.79 Å². The largest absolute Gasteiger partial charge is 0.388 e. The molecule has 0 aliphatic carbocycles. The molecule has 122 valence electrons. The van der Waals surface area contributed by atoms with Crippen LogP contribution in [0.1, 0.15) is 17.2 Å². The van der Waals surface area contributed by atoms with Gasteiger partial charge in [-0.25, -0.2) is 8.78 Å². The molecule has 1 amide bonds. The van der Waals surface area contributed by atoms with Gasteiger partial charge in [0.15, 0.2) is 0 Å². The average Bonchev–Trinajstić information content (AvgIpc) is 2.53. The summed E-state index contributed by atoms with van der Waals surface area (Å²) in [5.74, 6) is -1.03. The predicted octanol–water partition coefficient (Wildman–Crippen LogP) is 3.05. The Morgan fingerprint density at radius 3 is 2.43 bits per heavy atom. The van der Waals surface area contributed by atoms with Gasteiger partial charge in [0.1, 0.15) is 11.6 Å². The highest BCUT2D eigenvalue weighted by Crippen LogP contribution is 2.17. The monoisotopic (exact) mass is 337 g/mol. The molecule has 0 radical (unpaired) electrons. The van der Waals surface area contributed by atoms with Crippen molar-refractivity contribution in [3.05, 3.63) is 71.3 Å². The fraction of sp³-hybridized carbons (Fsp3) is 0.235. The second-order valence-electron chi connectivity index (χ2n) is 5.00. The Kier molecular flexibility index (Phi) is 6.55. The molecular weight excluding hydrogens is 320 g/mol. The maximum Gasteiger partial charge on any atom is 0.230 e. The Labute approximate surface area is 137 Å². The van der Waals surface area contributed by atoms with Crippen molar-refractivity contribution in [3.8, 4) is 0 Å². The first-order valence-electron chi connectivity index (χ1n) is 7.07. The van der Waals surface area contributed by atoms with E-state index in [4.69, 9.17) is 0 Å². The molecule has 0 bridgehead atoms. The molecule has 0 saturated carbocycles. The van der Waals surface area contributed by atoms with Gasteiger partial charge in [0.05, 0.1) is 11.9 Å². The molecule has 0 aliphatic heterocycles. The van der Waals surface area contributed by atoms with Crippen molar-refractivity contribution in [2.24, 2.45) is 0 Å². The fourth-order valence-electron chi connectivity index (χ4n) is 2.00. The summed E-state index contributed by atoms with van der Waals surface area (Å²) in [4.78, 5) is 11.7. The number of benzene rings is 2. The van der Waals surface area contributed by atoms with Crippen LogP contribution in [0.3, 0.4) is 0 Å². The van der Waals surface area contributed by atoms with Gasteiger partial charge in [0.25, 0.3) is 0 Å². The number of aliphatic hydroxyl groups excluding tert-OH is 1. The van der Waals surface area contributed by atoms with Gasteiger partial charge in [-0.2, -0.15) is 0 Å². The first kappa shape index (κ1) is 17.4. The van der Waals surface area contributed by atoms with Crippen molar-refractivity contribution < 1.29 is 18.7 Å². The molecule has 1 atom stereocenters. The third-order valence-corrected chi connectivity index (χ3v) is 4.12. The number of hydrogen-bond acceptors (Lipinski definition) is 3. The second kappa shape index (κ2) is 8.64. The van der Waals surface area contributed by atoms with Crippen LogP contribution < -0.4 is 5.32 Å². The summed E-state index contributed by atoms with van der Waals surface area (Å²) in [6.45, 7) is 0.0648. The van der Waals surface area contributed by atoms with E-state index in [1.165, 1.54) is 23.9 Å². The molecule has 2 aromatic carbocycles. The van der Waals surface area contributed by atoms with Crippen LogP contribution in [0.25, 0.3) is 0 Å². The van der Waals surface area contributed by atoms with E-state index in [0.29, 0.717) is 11.3 Å². The van der Waals surface area contributed by atoms with Crippen molar-refractivity contribution in [3.63, 3.8) is 0 Å². The van der Waals surface area contributed by atoms with Gasteiger partial charge in [0, 0.05) is 18.4 Å². The van der Waals surface area contributed by atoms with Gasteiger partial charge in [-0.1, -0.05) is 30.3 Å². The minimum absolute atomic E-state index is 0.0648. The third kappa shape index (κ3) is 6.00. The summed E-state index contributed by atoms with van der Waals surface area (Å²) in [6, 6.07) is 12.3. The van der Waals surface area contributed by atoms with Crippen LogP contribution in [0.15, 0.2) is 48.5 Å². The van der Waals surface area contributed by atoms with Crippen LogP contribution in [0, 0.1) is 11.6 Å². The number of aliphatic hydroxyl groups is 1. The zero-order valence-corrected chi connectivity index (χ0v) is 13.2. The van der Waals surface area contributed by atoms with Gasteiger partial charge in [-0.15, -0.1) is 11.8 Å². The minimum atomic E-state index is -0.672. The molecule has 3 nitrogen and oxygen atoms in total. The van der Waals surface area contributed by atoms with Crippen LogP contribution in [0.2, 0.25) is 0 Å². The van der Waals surface area contributed by atoms with Gasteiger partial charge in [-0.05, 0) is 23.3 Å². The molecule has 0 aliphatic rings. The van der Waals surface area contributed by atoms with Crippen LogP contribution in [-0.4, -0.2) is 22.5 Å². The lowest BCUT2D eigenvalue weighted by molar-refractivity contribution is -0.118. The van der Waals surface area contributed by atoms with E-state index in [-0.39, 0.29) is 18.2 Å². The SMILES string of the molecule is O=C(CSCC(O)c1ccccc1)NCc1cc(F)cc(F)c1. The smallest absolute Gasteiger partial charge is 0.230 e. The molecule has 0 saturated heterocycles. The summed E-state index contributed by atoms with van der Waals surface area (Å²) in [5.41, 5.74) is 1.17. The number of thioether (sulfide) groups is 1. The maximum atomic E-state index is 13.0. The molecule has 0 fully saturated rings. The lowest BCUT2D eigenvalue weighted by atomic mass is 10.1. The molecule has 2 aromatic rings. The van der Waals surface area contributed by atoms with E-state index in [1.54, 1.807) is 0 Å². The van der Waals surface area contributed by atoms with Crippen molar-refractivity contribution >= 4 is 17.7 Å². The number of halogens is 2.